The van der Waals surface area contributed by atoms with Crippen LogP contribution in [0.5, 0.6) is 5.75 Å². The van der Waals surface area contributed by atoms with Gasteiger partial charge in [0.05, 0.1) is 0 Å². The van der Waals surface area contributed by atoms with Crippen molar-refractivity contribution in [1.29, 1.82) is 0 Å². The van der Waals surface area contributed by atoms with E-state index in [0.717, 1.165) is 35.8 Å². The number of hydrogen-bond donors (Lipinski definition) is 1. The number of ether oxygens (including phenoxy) is 1. The Labute approximate surface area is 121 Å². The Kier molecular flexibility index (Phi) is 5.12. The van der Waals surface area contributed by atoms with Crippen LogP contribution >= 0.6 is 11.6 Å². The lowest BCUT2D eigenvalue weighted by Crippen LogP contribution is -2.30. The average Bonchev–Trinajstić information content (AvgIpc) is 2.84. The monoisotopic (exact) mass is 281 g/mol. The van der Waals surface area contributed by atoms with Crippen molar-refractivity contribution in [3.8, 4) is 5.75 Å². The van der Waals surface area contributed by atoms with Gasteiger partial charge in [0, 0.05) is 17.5 Å². The molecule has 0 spiro atoms. The van der Waals surface area contributed by atoms with Gasteiger partial charge in [-0.2, -0.15) is 0 Å². The van der Waals surface area contributed by atoms with Gasteiger partial charge in [0.1, 0.15) is 11.9 Å². The van der Waals surface area contributed by atoms with E-state index >= 15 is 0 Å². The Morgan fingerprint density at radius 1 is 1.42 bits per heavy atom. The number of hydrogen-bond acceptors (Lipinski definition) is 2. The lowest BCUT2D eigenvalue weighted by molar-refractivity contribution is 0.119. The highest BCUT2D eigenvalue weighted by Gasteiger charge is 2.27. The molecule has 1 aromatic carbocycles. The SMILES string of the molecule is Cc1cc(Cl)ccc1O[C@@H](CC(C)C)[C@H]1CCNC1. The lowest BCUT2D eigenvalue weighted by atomic mass is 9.93. The molecule has 2 rings (SSSR count). The van der Waals surface area contributed by atoms with Crippen molar-refractivity contribution in [2.75, 3.05) is 13.1 Å². The predicted molar refractivity (Wildman–Crippen MR) is 81.0 cm³/mol. The van der Waals surface area contributed by atoms with E-state index in [2.05, 4.69) is 26.1 Å². The topological polar surface area (TPSA) is 21.3 Å². The van der Waals surface area contributed by atoms with E-state index in [0.29, 0.717) is 17.9 Å². The van der Waals surface area contributed by atoms with Crippen LogP contribution in [0.15, 0.2) is 18.2 Å². The maximum absolute atomic E-state index is 6.30. The zero-order valence-electron chi connectivity index (χ0n) is 12.1. The van der Waals surface area contributed by atoms with Gasteiger partial charge in [-0.15, -0.1) is 0 Å². The molecule has 1 saturated heterocycles. The van der Waals surface area contributed by atoms with Crippen LogP contribution in [0.2, 0.25) is 5.02 Å². The van der Waals surface area contributed by atoms with Gasteiger partial charge >= 0.3 is 0 Å². The zero-order valence-corrected chi connectivity index (χ0v) is 12.8. The normalized spacial score (nSPS) is 20.8. The number of aryl methyl sites for hydroxylation is 1. The maximum atomic E-state index is 6.30. The molecule has 0 radical (unpaired) electrons. The van der Waals surface area contributed by atoms with E-state index in [1.54, 1.807) is 0 Å². The number of nitrogens with one attached hydrogen (secondary N) is 1. The van der Waals surface area contributed by atoms with Gasteiger partial charge in [0.2, 0.25) is 0 Å². The molecule has 0 aliphatic carbocycles. The van der Waals surface area contributed by atoms with Gasteiger partial charge in [-0.25, -0.2) is 0 Å². The molecule has 1 aromatic rings. The zero-order chi connectivity index (χ0) is 13.8. The molecule has 2 nitrogen and oxygen atoms in total. The summed E-state index contributed by atoms with van der Waals surface area (Å²) in [5.74, 6) is 2.25. The van der Waals surface area contributed by atoms with Crippen LogP contribution < -0.4 is 10.1 Å². The van der Waals surface area contributed by atoms with Crippen molar-refractivity contribution >= 4 is 11.6 Å². The van der Waals surface area contributed by atoms with Crippen LogP contribution in [0.3, 0.4) is 0 Å². The summed E-state index contributed by atoms with van der Waals surface area (Å²) < 4.78 is 6.30. The number of halogens is 1. The highest BCUT2D eigenvalue weighted by Crippen LogP contribution is 2.28. The molecule has 1 aliphatic heterocycles. The molecule has 1 N–H and O–H groups in total. The minimum Gasteiger partial charge on any atom is -0.490 e. The molecule has 0 aromatic heterocycles. The van der Waals surface area contributed by atoms with Gasteiger partial charge in [0.25, 0.3) is 0 Å². The molecule has 0 amide bonds. The van der Waals surface area contributed by atoms with Crippen molar-refractivity contribution in [2.45, 2.75) is 39.7 Å². The molecular formula is C16H24ClNO. The van der Waals surface area contributed by atoms with Crippen molar-refractivity contribution in [2.24, 2.45) is 11.8 Å². The van der Waals surface area contributed by atoms with E-state index in [4.69, 9.17) is 16.3 Å². The molecule has 0 bridgehead atoms. The summed E-state index contributed by atoms with van der Waals surface area (Å²) in [7, 11) is 0. The van der Waals surface area contributed by atoms with Gasteiger partial charge < -0.3 is 10.1 Å². The van der Waals surface area contributed by atoms with Gasteiger partial charge in [-0.3, -0.25) is 0 Å². The van der Waals surface area contributed by atoms with Crippen LogP contribution in [0.4, 0.5) is 0 Å². The smallest absolute Gasteiger partial charge is 0.122 e. The minimum atomic E-state index is 0.301. The molecular weight excluding hydrogens is 258 g/mol. The first kappa shape index (κ1) is 14.7. The third-order valence-corrected chi connectivity index (χ3v) is 3.98. The summed E-state index contributed by atoms with van der Waals surface area (Å²) in [6, 6.07) is 5.87. The summed E-state index contributed by atoms with van der Waals surface area (Å²) in [6.07, 6.45) is 2.62. The molecule has 106 valence electrons. The highest BCUT2D eigenvalue weighted by molar-refractivity contribution is 6.30. The van der Waals surface area contributed by atoms with E-state index in [9.17, 15) is 0 Å². The number of benzene rings is 1. The molecule has 0 unspecified atom stereocenters. The fourth-order valence-corrected chi connectivity index (χ4v) is 2.93. The standard InChI is InChI=1S/C16H24ClNO/c1-11(2)8-16(13-6-7-18-10-13)19-15-5-4-14(17)9-12(15)3/h4-5,9,11,13,16,18H,6-8,10H2,1-3H3/t13-,16-/m0/s1. The first-order valence-corrected chi connectivity index (χ1v) is 7.57. The molecule has 0 saturated carbocycles. The quantitative estimate of drug-likeness (QED) is 0.879. The van der Waals surface area contributed by atoms with Crippen molar-refractivity contribution in [1.82, 2.24) is 5.32 Å². The summed E-state index contributed by atoms with van der Waals surface area (Å²) in [5, 5.41) is 4.21. The van der Waals surface area contributed by atoms with Crippen LogP contribution in [0.25, 0.3) is 0 Å². The third kappa shape index (κ3) is 4.12. The van der Waals surface area contributed by atoms with Crippen molar-refractivity contribution in [3.05, 3.63) is 28.8 Å². The fourth-order valence-electron chi connectivity index (χ4n) is 2.70. The summed E-state index contributed by atoms with van der Waals surface area (Å²) in [5.41, 5.74) is 1.12. The van der Waals surface area contributed by atoms with Crippen LogP contribution in [0.1, 0.15) is 32.3 Å². The van der Waals surface area contributed by atoms with Gasteiger partial charge in [-0.1, -0.05) is 25.4 Å². The first-order valence-electron chi connectivity index (χ1n) is 7.19. The van der Waals surface area contributed by atoms with Crippen LogP contribution in [-0.4, -0.2) is 19.2 Å². The average molecular weight is 282 g/mol. The van der Waals surface area contributed by atoms with E-state index in [1.165, 1.54) is 6.42 Å². The Morgan fingerprint density at radius 2 is 2.21 bits per heavy atom. The van der Waals surface area contributed by atoms with Crippen LogP contribution in [-0.2, 0) is 0 Å². The summed E-state index contributed by atoms with van der Waals surface area (Å²) >= 11 is 6.00. The second-order valence-electron chi connectivity index (χ2n) is 5.95. The third-order valence-electron chi connectivity index (χ3n) is 3.74. The molecule has 1 aliphatic rings. The van der Waals surface area contributed by atoms with Gasteiger partial charge in [0.15, 0.2) is 0 Å². The van der Waals surface area contributed by atoms with E-state index in [-0.39, 0.29) is 0 Å². The Hall–Kier alpha value is -0.730. The fraction of sp³-hybridized carbons (Fsp3) is 0.625. The predicted octanol–water partition coefficient (Wildman–Crippen LogP) is 4.05. The second-order valence-corrected chi connectivity index (χ2v) is 6.38. The Bertz CT molecular complexity index is 413. The lowest BCUT2D eigenvalue weighted by Gasteiger charge is -2.26. The molecule has 19 heavy (non-hydrogen) atoms. The summed E-state index contributed by atoms with van der Waals surface area (Å²) in [6.45, 7) is 8.76. The van der Waals surface area contributed by atoms with Crippen LogP contribution in [0, 0.1) is 18.8 Å². The minimum absolute atomic E-state index is 0.301. The first-order chi connectivity index (χ1) is 9.06. The Balaban J connectivity index is 2.09. The molecule has 2 atom stereocenters. The second kappa shape index (κ2) is 6.62. The largest absolute Gasteiger partial charge is 0.490 e. The molecule has 1 fully saturated rings. The van der Waals surface area contributed by atoms with E-state index < -0.39 is 0 Å². The summed E-state index contributed by atoms with van der Waals surface area (Å²) in [4.78, 5) is 0. The highest BCUT2D eigenvalue weighted by atomic mass is 35.5. The van der Waals surface area contributed by atoms with Gasteiger partial charge in [-0.05, 0) is 56.0 Å². The Morgan fingerprint density at radius 3 is 2.79 bits per heavy atom. The van der Waals surface area contributed by atoms with Crippen molar-refractivity contribution < 1.29 is 4.74 Å². The molecule has 3 heteroatoms. The van der Waals surface area contributed by atoms with E-state index in [1.807, 2.05) is 18.2 Å². The number of rotatable bonds is 5. The maximum Gasteiger partial charge on any atom is 0.122 e. The molecule has 1 heterocycles. The van der Waals surface area contributed by atoms with Crippen molar-refractivity contribution in [3.63, 3.8) is 0 Å².